The smallest absolute Gasteiger partial charge is 0.279 e. The predicted octanol–water partition coefficient (Wildman–Crippen LogP) is 4.54. The first kappa shape index (κ1) is 19.7. The number of amides is 1. The Balaban J connectivity index is 1.97. The van der Waals surface area contributed by atoms with E-state index < -0.39 is 0 Å². The second kappa shape index (κ2) is 8.19. The summed E-state index contributed by atoms with van der Waals surface area (Å²) < 4.78 is 0.207. The van der Waals surface area contributed by atoms with Crippen LogP contribution < -0.4 is 5.32 Å². The molecule has 0 aliphatic heterocycles. The van der Waals surface area contributed by atoms with E-state index in [9.17, 15) is 9.59 Å². The first-order chi connectivity index (χ1) is 11.7. The number of benzene rings is 2. The zero-order valence-electron chi connectivity index (χ0n) is 13.9. The van der Waals surface area contributed by atoms with E-state index in [-0.39, 0.29) is 29.3 Å². The van der Waals surface area contributed by atoms with Crippen LogP contribution in [-0.4, -0.2) is 43.4 Å². The zero-order chi connectivity index (χ0) is 18.6. The van der Waals surface area contributed by atoms with Crippen molar-refractivity contribution in [1.82, 2.24) is 0 Å². The van der Waals surface area contributed by atoms with Crippen molar-refractivity contribution in [3.63, 3.8) is 0 Å². The highest BCUT2D eigenvalue weighted by Crippen LogP contribution is 2.23. The third-order valence-corrected chi connectivity index (χ3v) is 4.50. The maximum Gasteiger partial charge on any atom is 0.279 e. The number of nitrogens with zero attached hydrogens (tertiary/aromatic N) is 1. The lowest BCUT2D eigenvalue weighted by Gasteiger charge is -2.28. The molecule has 0 aliphatic rings. The first-order valence-electron chi connectivity index (χ1n) is 7.52. The highest BCUT2D eigenvalue weighted by Gasteiger charge is 2.25. The summed E-state index contributed by atoms with van der Waals surface area (Å²) in [7, 11) is 3.63. The second-order valence-electron chi connectivity index (χ2n) is 6.36. The number of carbonyl (C=O) groups excluding carboxylic acids is 2. The van der Waals surface area contributed by atoms with Crippen LogP contribution in [0.4, 0.5) is 5.69 Å². The Morgan fingerprint density at radius 3 is 2.16 bits per heavy atom. The lowest BCUT2D eigenvalue weighted by atomic mass is 10.1. The van der Waals surface area contributed by atoms with Crippen LogP contribution >= 0.6 is 34.8 Å². The van der Waals surface area contributed by atoms with Crippen molar-refractivity contribution in [3.05, 3.63) is 63.1 Å². The van der Waals surface area contributed by atoms with Crippen LogP contribution in [0.15, 0.2) is 42.5 Å². The Kier molecular flexibility index (Phi) is 6.47. The van der Waals surface area contributed by atoms with Crippen molar-refractivity contribution < 1.29 is 14.1 Å². The van der Waals surface area contributed by atoms with E-state index >= 15 is 0 Å². The van der Waals surface area contributed by atoms with Gasteiger partial charge in [-0.2, -0.15) is 0 Å². The maximum absolute atomic E-state index is 12.4. The van der Waals surface area contributed by atoms with Gasteiger partial charge in [0.25, 0.3) is 5.91 Å². The minimum Gasteiger partial charge on any atom is -0.321 e. The number of rotatable bonds is 6. The van der Waals surface area contributed by atoms with Crippen LogP contribution in [0.2, 0.25) is 15.1 Å². The molecule has 0 atom stereocenters. The zero-order valence-corrected chi connectivity index (χ0v) is 16.1. The average molecular weight is 401 g/mol. The molecule has 0 saturated heterocycles. The molecule has 1 amide bonds. The van der Waals surface area contributed by atoms with Crippen molar-refractivity contribution >= 4 is 52.2 Å². The summed E-state index contributed by atoms with van der Waals surface area (Å²) in [6.07, 6.45) is 0. The average Bonchev–Trinajstić information content (AvgIpc) is 2.51. The number of likely N-dealkylation sites (N-methyl/N-ethyl adjacent to an activating group) is 1. The number of anilines is 1. The fraction of sp³-hybridized carbons (Fsp3) is 0.222. The van der Waals surface area contributed by atoms with Gasteiger partial charge in [-0.25, -0.2) is 0 Å². The Bertz CT molecular complexity index is 789. The first-order valence-corrected chi connectivity index (χ1v) is 8.65. The SMILES string of the molecule is C[N+](C)(CC(=O)Nc1ccc(Cl)cc1)CC(=O)c1ccc(Cl)c(Cl)c1. The molecule has 0 aromatic heterocycles. The molecule has 2 aromatic rings. The van der Waals surface area contributed by atoms with Gasteiger partial charge in [-0.1, -0.05) is 34.8 Å². The molecule has 0 heterocycles. The lowest BCUT2D eigenvalue weighted by Crippen LogP contribution is -2.48. The second-order valence-corrected chi connectivity index (χ2v) is 7.61. The molecule has 0 radical (unpaired) electrons. The van der Waals surface area contributed by atoms with Gasteiger partial charge in [0.1, 0.15) is 6.54 Å². The van der Waals surface area contributed by atoms with Crippen molar-refractivity contribution in [1.29, 1.82) is 0 Å². The molecule has 7 heteroatoms. The number of hydrogen-bond acceptors (Lipinski definition) is 2. The number of Topliss-reactive ketones (excluding diaryl/α,β-unsaturated/α-hetero) is 1. The van der Waals surface area contributed by atoms with Gasteiger partial charge in [0.2, 0.25) is 5.78 Å². The number of nitrogens with one attached hydrogen (secondary N) is 1. The van der Waals surface area contributed by atoms with E-state index in [1.807, 2.05) is 14.1 Å². The minimum absolute atomic E-state index is 0.108. The van der Waals surface area contributed by atoms with E-state index in [4.69, 9.17) is 34.8 Å². The van der Waals surface area contributed by atoms with Gasteiger partial charge in [0.05, 0.1) is 24.1 Å². The van der Waals surface area contributed by atoms with Crippen LogP contribution in [-0.2, 0) is 4.79 Å². The molecule has 1 N–H and O–H groups in total. The molecule has 0 aliphatic carbocycles. The number of hydrogen-bond donors (Lipinski definition) is 1. The van der Waals surface area contributed by atoms with Gasteiger partial charge < -0.3 is 9.80 Å². The van der Waals surface area contributed by atoms with Crippen molar-refractivity contribution in [2.75, 3.05) is 32.5 Å². The van der Waals surface area contributed by atoms with Gasteiger partial charge in [0.15, 0.2) is 6.54 Å². The minimum atomic E-state index is -0.186. The largest absolute Gasteiger partial charge is 0.321 e. The summed E-state index contributed by atoms with van der Waals surface area (Å²) in [5.41, 5.74) is 1.13. The summed E-state index contributed by atoms with van der Waals surface area (Å²) in [5, 5.41) is 4.12. The molecule has 0 saturated carbocycles. The van der Waals surface area contributed by atoms with Gasteiger partial charge in [-0.3, -0.25) is 9.59 Å². The molecule has 2 aromatic carbocycles. The molecule has 4 nitrogen and oxygen atoms in total. The van der Waals surface area contributed by atoms with Crippen molar-refractivity contribution in [2.24, 2.45) is 0 Å². The quantitative estimate of drug-likeness (QED) is 0.571. The molecule has 0 spiro atoms. The van der Waals surface area contributed by atoms with E-state index in [0.717, 1.165) is 0 Å². The highest BCUT2D eigenvalue weighted by atomic mass is 35.5. The molecule has 2 rings (SSSR count). The molecule has 0 unspecified atom stereocenters. The summed E-state index contributed by atoms with van der Waals surface area (Å²) in [6.45, 7) is 0.307. The lowest BCUT2D eigenvalue weighted by molar-refractivity contribution is -0.873. The van der Waals surface area contributed by atoms with E-state index in [0.29, 0.717) is 26.3 Å². The van der Waals surface area contributed by atoms with Gasteiger partial charge in [0, 0.05) is 16.3 Å². The van der Waals surface area contributed by atoms with Crippen molar-refractivity contribution in [2.45, 2.75) is 0 Å². The molecule has 132 valence electrons. The van der Waals surface area contributed by atoms with Gasteiger partial charge in [-0.15, -0.1) is 0 Å². The number of carbonyl (C=O) groups is 2. The summed E-state index contributed by atoms with van der Waals surface area (Å²) in [6, 6.07) is 11.6. The molecule has 0 fully saturated rings. The van der Waals surface area contributed by atoms with E-state index in [1.54, 1.807) is 42.5 Å². The Labute approximate surface area is 161 Å². The third kappa shape index (κ3) is 6.01. The Morgan fingerprint density at radius 1 is 0.920 bits per heavy atom. The topological polar surface area (TPSA) is 46.2 Å². The predicted molar refractivity (Wildman–Crippen MR) is 103 cm³/mol. The molecular formula is C18H18Cl3N2O2+. The summed E-state index contributed by atoms with van der Waals surface area (Å²) >= 11 is 17.6. The van der Waals surface area contributed by atoms with Crippen LogP contribution in [0.25, 0.3) is 0 Å². The normalized spacial score (nSPS) is 11.2. The van der Waals surface area contributed by atoms with E-state index in [2.05, 4.69) is 5.32 Å². The van der Waals surface area contributed by atoms with Crippen LogP contribution in [0.1, 0.15) is 10.4 Å². The van der Waals surface area contributed by atoms with Crippen molar-refractivity contribution in [3.8, 4) is 0 Å². The number of quaternary nitrogens is 1. The third-order valence-electron chi connectivity index (χ3n) is 3.51. The fourth-order valence-electron chi connectivity index (χ4n) is 2.33. The Morgan fingerprint density at radius 2 is 1.56 bits per heavy atom. The molecular weight excluding hydrogens is 383 g/mol. The van der Waals surface area contributed by atoms with E-state index in [1.165, 1.54) is 0 Å². The number of ketones is 1. The monoisotopic (exact) mass is 399 g/mol. The summed E-state index contributed by atoms with van der Waals surface area (Å²) in [5.74, 6) is -0.294. The van der Waals surface area contributed by atoms with Gasteiger partial charge in [-0.05, 0) is 42.5 Å². The summed E-state index contributed by atoms with van der Waals surface area (Å²) in [4.78, 5) is 24.7. The van der Waals surface area contributed by atoms with Crippen LogP contribution in [0, 0.1) is 0 Å². The van der Waals surface area contributed by atoms with Crippen LogP contribution in [0.3, 0.4) is 0 Å². The molecule has 0 bridgehead atoms. The highest BCUT2D eigenvalue weighted by molar-refractivity contribution is 6.42. The molecule has 25 heavy (non-hydrogen) atoms. The standard InChI is InChI=1S/C18H17Cl3N2O2/c1-23(2,10-17(24)12-3-8-15(20)16(21)9-12)11-18(25)22-14-6-4-13(19)5-7-14/h3-9H,10-11H2,1-2H3/p+1. The Hall–Kier alpha value is -1.59. The number of halogens is 3. The maximum atomic E-state index is 12.4. The van der Waals surface area contributed by atoms with Crippen LogP contribution in [0.5, 0.6) is 0 Å². The van der Waals surface area contributed by atoms with Gasteiger partial charge >= 0.3 is 0 Å². The fourth-order valence-corrected chi connectivity index (χ4v) is 2.75.